The first kappa shape index (κ1) is 17.9. The topological polar surface area (TPSA) is 43.7 Å². The standard InChI is InChI=1S/C18H30N2O3/c1-6-14(7-2)16-20(17(21)22-5)18(3,13-23-16)11-10-15-9-8-12-19(15)4/h8-9,12,14,16H,6-7,10-11,13H2,1-5H3/t16?,18-/m1/s1. The van der Waals surface area contributed by atoms with E-state index in [1.807, 2.05) is 24.2 Å². The van der Waals surface area contributed by atoms with Crippen LogP contribution in [-0.2, 0) is 22.9 Å². The molecule has 0 N–H and O–H groups in total. The molecular formula is C18H30N2O3. The summed E-state index contributed by atoms with van der Waals surface area (Å²) in [7, 11) is 3.50. The lowest BCUT2D eigenvalue weighted by molar-refractivity contribution is -0.0199. The van der Waals surface area contributed by atoms with Gasteiger partial charge < -0.3 is 14.0 Å². The summed E-state index contributed by atoms with van der Waals surface area (Å²) in [6.45, 7) is 6.96. The van der Waals surface area contributed by atoms with Gasteiger partial charge >= 0.3 is 6.09 Å². The van der Waals surface area contributed by atoms with Gasteiger partial charge in [-0.25, -0.2) is 4.79 Å². The first-order valence-electron chi connectivity index (χ1n) is 8.56. The lowest BCUT2D eigenvalue weighted by Crippen LogP contribution is -2.52. The van der Waals surface area contributed by atoms with E-state index < -0.39 is 0 Å². The second kappa shape index (κ2) is 7.39. The number of hydrogen-bond acceptors (Lipinski definition) is 3. The van der Waals surface area contributed by atoms with E-state index in [1.165, 1.54) is 12.8 Å². The van der Waals surface area contributed by atoms with Crippen LogP contribution in [0.15, 0.2) is 18.3 Å². The van der Waals surface area contributed by atoms with Crippen molar-refractivity contribution in [3.8, 4) is 0 Å². The maximum Gasteiger partial charge on any atom is 0.412 e. The Morgan fingerprint density at radius 3 is 2.70 bits per heavy atom. The van der Waals surface area contributed by atoms with Crippen molar-refractivity contribution in [3.63, 3.8) is 0 Å². The summed E-state index contributed by atoms with van der Waals surface area (Å²) in [6, 6.07) is 4.17. The lowest BCUT2D eigenvalue weighted by Gasteiger charge is -2.37. The Hall–Kier alpha value is -1.49. The molecule has 1 aromatic heterocycles. The van der Waals surface area contributed by atoms with E-state index in [9.17, 15) is 4.79 Å². The van der Waals surface area contributed by atoms with Crippen molar-refractivity contribution in [2.45, 2.75) is 58.2 Å². The number of hydrogen-bond donors (Lipinski definition) is 0. The number of nitrogens with zero attached hydrogens (tertiary/aromatic N) is 2. The molecule has 2 atom stereocenters. The van der Waals surface area contributed by atoms with Crippen LogP contribution in [0.3, 0.4) is 0 Å². The monoisotopic (exact) mass is 322 g/mol. The Morgan fingerprint density at radius 1 is 1.48 bits per heavy atom. The Balaban J connectivity index is 2.17. The predicted octanol–water partition coefficient (Wildman–Crippen LogP) is 3.58. The number of carbonyl (C=O) groups is 1. The molecule has 0 bridgehead atoms. The number of methoxy groups -OCH3 is 1. The lowest BCUT2D eigenvalue weighted by atomic mass is 9.92. The smallest absolute Gasteiger partial charge is 0.412 e. The van der Waals surface area contributed by atoms with Gasteiger partial charge in [0.25, 0.3) is 0 Å². The molecule has 0 aliphatic carbocycles. The van der Waals surface area contributed by atoms with Crippen LogP contribution in [0, 0.1) is 5.92 Å². The summed E-state index contributed by atoms with van der Waals surface area (Å²) >= 11 is 0. The van der Waals surface area contributed by atoms with Crippen molar-refractivity contribution in [1.29, 1.82) is 0 Å². The molecule has 1 unspecified atom stereocenters. The molecule has 0 saturated carbocycles. The minimum absolute atomic E-state index is 0.184. The molecule has 5 nitrogen and oxygen atoms in total. The number of aryl methyl sites for hydroxylation is 2. The molecule has 1 aliphatic rings. The Labute approximate surface area is 139 Å². The van der Waals surface area contributed by atoms with Crippen LogP contribution >= 0.6 is 0 Å². The van der Waals surface area contributed by atoms with Gasteiger partial charge in [-0.3, -0.25) is 4.90 Å². The van der Waals surface area contributed by atoms with Gasteiger partial charge in [0.2, 0.25) is 0 Å². The molecular weight excluding hydrogens is 292 g/mol. The van der Waals surface area contributed by atoms with Crippen molar-refractivity contribution in [2.75, 3.05) is 13.7 Å². The third-order valence-electron chi connectivity index (χ3n) is 5.20. The van der Waals surface area contributed by atoms with E-state index in [4.69, 9.17) is 9.47 Å². The summed E-state index contributed by atoms with van der Waals surface area (Å²) in [4.78, 5) is 14.3. The fourth-order valence-corrected chi connectivity index (χ4v) is 3.52. The minimum atomic E-state index is -0.329. The zero-order chi connectivity index (χ0) is 17.0. The van der Waals surface area contributed by atoms with E-state index in [0.717, 1.165) is 25.7 Å². The third-order valence-corrected chi connectivity index (χ3v) is 5.20. The van der Waals surface area contributed by atoms with E-state index in [-0.39, 0.29) is 17.9 Å². The average molecular weight is 322 g/mol. The SMILES string of the molecule is CCC(CC)C1OC[C@@](C)(CCc2cccn2C)N1C(=O)OC. The van der Waals surface area contributed by atoms with Crippen molar-refractivity contribution in [2.24, 2.45) is 13.0 Å². The highest BCUT2D eigenvalue weighted by atomic mass is 16.6. The summed E-state index contributed by atoms with van der Waals surface area (Å²) in [5, 5.41) is 0. The highest BCUT2D eigenvalue weighted by Crippen LogP contribution is 2.37. The maximum atomic E-state index is 12.4. The molecule has 2 heterocycles. The Kier molecular flexibility index (Phi) is 5.74. The van der Waals surface area contributed by atoms with Gasteiger partial charge in [0.05, 0.1) is 19.3 Å². The molecule has 1 aromatic rings. The highest BCUT2D eigenvalue weighted by molar-refractivity contribution is 5.69. The van der Waals surface area contributed by atoms with Crippen molar-refractivity contribution >= 4 is 6.09 Å². The minimum Gasteiger partial charge on any atom is -0.453 e. The largest absolute Gasteiger partial charge is 0.453 e. The molecule has 1 fully saturated rings. The second-order valence-corrected chi connectivity index (χ2v) is 6.73. The Morgan fingerprint density at radius 2 is 2.17 bits per heavy atom. The quantitative estimate of drug-likeness (QED) is 0.804. The van der Waals surface area contributed by atoms with Crippen molar-refractivity contribution < 1.29 is 14.3 Å². The molecule has 5 heteroatoms. The summed E-state index contributed by atoms with van der Waals surface area (Å²) < 4.78 is 13.3. The van der Waals surface area contributed by atoms with Gasteiger partial charge in [0.15, 0.2) is 0 Å². The average Bonchev–Trinajstić information content (AvgIpc) is 3.10. The molecule has 23 heavy (non-hydrogen) atoms. The molecule has 1 amide bonds. The van der Waals surface area contributed by atoms with Gasteiger partial charge in [0, 0.05) is 24.9 Å². The summed E-state index contributed by atoms with van der Waals surface area (Å²) in [5.41, 5.74) is 0.937. The van der Waals surface area contributed by atoms with Gasteiger partial charge in [-0.2, -0.15) is 0 Å². The van der Waals surface area contributed by atoms with E-state index in [2.05, 4.69) is 31.4 Å². The van der Waals surface area contributed by atoms with Gasteiger partial charge in [-0.15, -0.1) is 0 Å². The fourth-order valence-electron chi connectivity index (χ4n) is 3.52. The number of amides is 1. The molecule has 0 spiro atoms. The van der Waals surface area contributed by atoms with Crippen LogP contribution in [0.5, 0.6) is 0 Å². The molecule has 0 radical (unpaired) electrons. The van der Waals surface area contributed by atoms with Gasteiger partial charge in [-0.05, 0) is 44.7 Å². The zero-order valence-corrected chi connectivity index (χ0v) is 15.0. The number of rotatable bonds is 6. The number of ether oxygens (including phenoxy) is 2. The Bertz CT molecular complexity index is 524. The molecule has 1 aliphatic heterocycles. The normalized spacial score (nSPS) is 24.4. The first-order chi connectivity index (χ1) is 11.0. The van der Waals surface area contributed by atoms with Crippen LogP contribution in [0.1, 0.15) is 45.7 Å². The van der Waals surface area contributed by atoms with Crippen LogP contribution in [-0.4, -0.2) is 41.0 Å². The molecule has 2 rings (SSSR count). The molecule has 1 saturated heterocycles. The molecule has 0 aromatic carbocycles. The van der Waals surface area contributed by atoms with Crippen LogP contribution in [0.4, 0.5) is 4.79 Å². The van der Waals surface area contributed by atoms with E-state index in [1.54, 1.807) is 0 Å². The van der Waals surface area contributed by atoms with Crippen molar-refractivity contribution in [3.05, 3.63) is 24.0 Å². The fraction of sp³-hybridized carbons (Fsp3) is 0.722. The third kappa shape index (κ3) is 3.55. The van der Waals surface area contributed by atoms with Crippen LogP contribution < -0.4 is 0 Å². The number of carbonyl (C=O) groups excluding carboxylic acids is 1. The number of aromatic nitrogens is 1. The summed E-state index contributed by atoms with van der Waals surface area (Å²) in [6.07, 6.45) is 5.33. The summed E-state index contributed by atoms with van der Waals surface area (Å²) in [5.74, 6) is 0.339. The predicted molar refractivity (Wildman–Crippen MR) is 90.2 cm³/mol. The highest BCUT2D eigenvalue weighted by Gasteiger charge is 2.49. The molecule has 130 valence electrons. The maximum absolute atomic E-state index is 12.4. The van der Waals surface area contributed by atoms with Crippen LogP contribution in [0.2, 0.25) is 0 Å². The second-order valence-electron chi connectivity index (χ2n) is 6.73. The van der Waals surface area contributed by atoms with Crippen LogP contribution in [0.25, 0.3) is 0 Å². The first-order valence-corrected chi connectivity index (χ1v) is 8.56. The zero-order valence-electron chi connectivity index (χ0n) is 15.0. The van der Waals surface area contributed by atoms with E-state index in [0.29, 0.717) is 12.5 Å². The van der Waals surface area contributed by atoms with E-state index >= 15 is 0 Å². The van der Waals surface area contributed by atoms with Gasteiger partial charge in [0.1, 0.15) is 6.23 Å². The van der Waals surface area contributed by atoms with Crippen molar-refractivity contribution in [1.82, 2.24) is 9.47 Å². The van der Waals surface area contributed by atoms with Gasteiger partial charge in [-0.1, -0.05) is 13.8 Å².